The lowest BCUT2D eigenvalue weighted by atomic mass is 9.76. The van der Waals surface area contributed by atoms with Gasteiger partial charge in [0, 0.05) is 13.0 Å². The molecule has 0 atom stereocenters. The average molecular weight is 242 g/mol. The van der Waals surface area contributed by atoms with Gasteiger partial charge in [0.15, 0.2) is 5.78 Å². The van der Waals surface area contributed by atoms with E-state index in [0.717, 1.165) is 25.7 Å². The fraction of sp³-hybridized carbons (Fsp3) is 0.846. The average Bonchev–Trinajstić information content (AvgIpc) is 2.29. The van der Waals surface area contributed by atoms with Crippen molar-refractivity contribution < 1.29 is 19.4 Å². The molecular formula is C13H22O4. The van der Waals surface area contributed by atoms with Crippen molar-refractivity contribution in [2.24, 2.45) is 5.92 Å². The van der Waals surface area contributed by atoms with E-state index in [-0.39, 0.29) is 18.6 Å². The van der Waals surface area contributed by atoms with E-state index in [1.807, 2.05) is 6.92 Å². The number of carboxylic acids is 1. The van der Waals surface area contributed by atoms with Gasteiger partial charge >= 0.3 is 5.97 Å². The second-order valence-electron chi connectivity index (χ2n) is 4.93. The van der Waals surface area contributed by atoms with Crippen molar-refractivity contribution >= 4 is 11.8 Å². The van der Waals surface area contributed by atoms with E-state index in [0.29, 0.717) is 12.5 Å². The minimum atomic E-state index is -0.922. The second kappa shape index (κ2) is 6.15. The molecule has 1 fully saturated rings. The topological polar surface area (TPSA) is 63.6 Å². The van der Waals surface area contributed by atoms with Gasteiger partial charge in [-0.15, -0.1) is 0 Å². The first-order valence-corrected chi connectivity index (χ1v) is 6.39. The molecule has 0 bridgehead atoms. The van der Waals surface area contributed by atoms with Crippen molar-refractivity contribution in [1.82, 2.24) is 0 Å². The number of rotatable bonds is 6. The summed E-state index contributed by atoms with van der Waals surface area (Å²) >= 11 is 0. The highest BCUT2D eigenvalue weighted by molar-refractivity contribution is 5.89. The third-order valence-electron chi connectivity index (χ3n) is 3.58. The predicted octanol–water partition coefficient (Wildman–Crippen LogP) is 2.41. The minimum Gasteiger partial charge on any atom is -0.481 e. The minimum absolute atomic E-state index is 0.0337. The monoisotopic (exact) mass is 242 g/mol. The van der Waals surface area contributed by atoms with Gasteiger partial charge in [0.1, 0.15) is 5.60 Å². The molecule has 0 aromatic rings. The van der Waals surface area contributed by atoms with Gasteiger partial charge in [-0.05, 0) is 38.5 Å². The fourth-order valence-corrected chi connectivity index (χ4v) is 2.46. The molecule has 1 aliphatic rings. The molecule has 1 N–H and O–H groups in total. The summed E-state index contributed by atoms with van der Waals surface area (Å²) in [5, 5.41) is 8.62. The lowest BCUT2D eigenvalue weighted by Crippen LogP contribution is -2.44. The zero-order valence-electron chi connectivity index (χ0n) is 10.7. The van der Waals surface area contributed by atoms with Crippen molar-refractivity contribution in [2.45, 2.75) is 58.0 Å². The number of ketones is 1. The zero-order chi connectivity index (χ0) is 12.9. The van der Waals surface area contributed by atoms with Crippen molar-refractivity contribution in [3.05, 3.63) is 0 Å². The molecule has 1 saturated carbocycles. The van der Waals surface area contributed by atoms with E-state index in [2.05, 4.69) is 6.92 Å². The van der Waals surface area contributed by atoms with Gasteiger partial charge in [-0.2, -0.15) is 0 Å². The van der Waals surface area contributed by atoms with Gasteiger partial charge in [-0.3, -0.25) is 9.59 Å². The van der Waals surface area contributed by atoms with Crippen LogP contribution in [0.5, 0.6) is 0 Å². The van der Waals surface area contributed by atoms with E-state index in [1.165, 1.54) is 0 Å². The molecule has 0 aliphatic heterocycles. The summed E-state index contributed by atoms with van der Waals surface area (Å²) in [6, 6.07) is 0. The summed E-state index contributed by atoms with van der Waals surface area (Å²) in [4.78, 5) is 22.6. The van der Waals surface area contributed by atoms with E-state index < -0.39 is 11.6 Å². The van der Waals surface area contributed by atoms with E-state index in [9.17, 15) is 9.59 Å². The molecule has 0 radical (unpaired) electrons. The van der Waals surface area contributed by atoms with Gasteiger partial charge in [-0.25, -0.2) is 0 Å². The number of hydrogen-bond acceptors (Lipinski definition) is 3. The lowest BCUT2D eigenvalue weighted by molar-refractivity contribution is -0.152. The number of hydrogen-bond donors (Lipinski definition) is 1. The number of aliphatic carboxylic acids is 1. The highest BCUT2D eigenvalue weighted by Gasteiger charge is 2.41. The third-order valence-corrected chi connectivity index (χ3v) is 3.58. The quantitative estimate of drug-likeness (QED) is 0.776. The SMILES string of the molecule is CCOC1(C(=O)CCC(=O)O)CCC(C)CC1. The maximum absolute atomic E-state index is 12.1. The summed E-state index contributed by atoms with van der Waals surface area (Å²) in [6.07, 6.45) is 3.44. The van der Waals surface area contributed by atoms with Crippen molar-refractivity contribution in [3.63, 3.8) is 0 Å². The van der Waals surface area contributed by atoms with Gasteiger partial charge < -0.3 is 9.84 Å². The number of Topliss-reactive ketones (excluding diaryl/α,β-unsaturated/α-hetero) is 1. The Morgan fingerprint density at radius 3 is 2.35 bits per heavy atom. The fourth-order valence-electron chi connectivity index (χ4n) is 2.46. The number of carbonyl (C=O) groups excluding carboxylic acids is 1. The Morgan fingerprint density at radius 2 is 1.88 bits per heavy atom. The molecule has 0 spiro atoms. The van der Waals surface area contributed by atoms with Crippen molar-refractivity contribution in [1.29, 1.82) is 0 Å². The van der Waals surface area contributed by atoms with Gasteiger partial charge in [0.25, 0.3) is 0 Å². The standard InChI is InChI=1S/C13H22O4/c1-3-17-13(8-6-10(2)7-9-13)11(14)4-5-12(15)16/h10H,3-9H2,1-2H3,(H,15,16). The van der Waals surface area contributed by atoms with Crippen LogP contribution < -0.4 is 0 Å². The Bertz CT molecular complexity index is 277. The summed E-state index contributed by atoms with van der Waals surface area (Å²) in [5.41, 5.74) is -0.698. The van der Waals surface area contributed by atoms with Crippen LogP contribution in [0.15, 0.2) is 0 Å². The first-order chi connectivity index (χ1) is 8.00. The number of ether oxygens (including phenoxy) is 1. The van der Waals surface area contributed by atoms with Crippen molar-refractivity contribution in [3.8, 4) is 0 Å². The van der Waals surface area contributed by atoms with Crippen LogP contribution in [0, 0.1) is 5.92 Å². The molecule has 0 saturated heterocycles. The van der Waals surface area contributed by atoms with E-state index in [1.54, 1.807) is 0 Å². The molecular weight excluding hydrogens is 220 g/mol. The first kappa shape index (κ1) is 14.2. The number of carboxylic acid groups (broad SMARTS) is 1. The van der Waals surface area contributed by atoms with Crippen LogP contribution in [0.4, 0.5) is 0 Å². The van der Waals surface area contributed by atoms with Gasteiger partial charge in [0.05, 0.1) is 6.42 Å². The second-order valence-corrected chi connectivity index (χ2v) is 4.93. The molecule has 17 heavy (non-hydrogen) atoms. The Labute approximate surface area is 102 Å². The Kier molecular flexibility index (Phi) is 5.12. The molecule has 0 unspecified atom stereocenters. The largest absolute Gasteiger partial charge is 0.481 e. The summed E-state index contributed by atoms with van der Waals surface area (Å²) in [7, 11) is 0. The zero-order valence-corrected chi connectivity index (χ0v) is 10.7. The van der Waals surface area contributed by atoms with Gasteiger partial charge in [0.2, 0.25) is 0 Å². The van der Waals surface area contributed by atoms with Crippen LogP contribution in [0.1, 0.15) is 52.4 Å². The number of carbonyl (C=O) groups is 2. The predicted molar refractivity (Wildman–Crippen MR) is 63.9 cm³/mol. The maximum atomic E-state index is 12.1. The smallest absolute Gasteiger partial charge is 0.303 e. The molecule has 1 rings (SSSR count). The van der Waals surface area contributed by atoms with E-state index in [4.69, 9.17) is 9.84 Å². The van der Waals surface area contributed by atoms with Crippen LogP contribution >= 0.6 is 0 Å². The highest BCUT2D eigenvalue weighted by Crippen LogP contribution is 2.36. The molecule has 0 aromatic heterocycles. The molecule has 0 heterocycles. The molecule has 0 amide bonds. The van der Waals surface area contributed by atoms with Crippen molar-refractivity contribution in [2.75, 3.05) is 6.61 Å². The Balaban J connectivity index is 2.63. The van der Waals surface area contributed by atoms with Crippen LogP contribution in [0.3, 0.4) is 0 Å². The molecule has 98 valence electrons. The van der Waals surface area contributed by atoms with E-state index >= 15 is 0 Å². The molecule has 0 aromatic carbocycles. The van der Waals surface area contributed by atoms with Crippen LogP contribution in [0.25, 0.3) is 0 Å². The van der Waals surface area contributed by atoms with Crippen LogP contribution in [0.2, 0.25) is 0 Å². The van der Waals surface area contributed by atoms with Crippen LogP contribution in [-0.2, 0) is 14.3 Å². The van der Waals surface area contributed by atoms with Gasteiger partial charge in [-0.1, -0.05) is 6.92 Å². The molecule has 1 aliphatic carbocycles. The molecule has 4 nitrogen and oxygen atoms in total. The summed E-state index contributed by atoms with van der Waals surface area (Å²) in [5.74, 6) is -0.321. The maximum Gasteiger partial charge on any atom is 0.303 e. The Hall–Kier alpha value is -0.900. The lowest BCUT2D eigenvalue weighted by Gasteiger charge is -2.37. The first-order valence-electron chi connectivity index (χ1n) is 6.39. The molecule has 4 heteroatoms. The normalized spacial score (nSPS) is 28.9. The van der Waals surface area contributed by atoms with Crippen LogP contribution in [-0.4, -0.2) is 29.1 Å². The third kappa shape index (κ3) is 3.80. The summed E-state index contributed by atoms with van der Waals surface area (Å²) in [6.45, 7) is 4.56. The Morgan fingerprint density at radius 1 is 1.29 bits per heavy atom. The summed E-state index contributed by atoms with van der Waals surface area (Å²) < 4.78 is 5.67. The highest BCUT2D eigenvalue weighted by atomic mass is 16.5.